The average molecular weight is 758 g/mol. The second kappa shape index (κ2) is 21.1. The minimum Gasteiger partial charge on any atom is -0.384 e. The van der Waals surface area contributed by atoms with E-state index in [1.165, 1.54) is 38.6 Å². The van der Waals surface area contributed by atoms with Crippen LogP contribution in [0.15, 0.2) is 199 Å². The number of rotatable bonds is 19. The van der Waals surface area contributed by atoms with E-state index in [1.807, 2.05) is 12.3 Å². The summed E-state index contributed by atoms with van der Waals surface area (Å²) in [6.45, 7) is 17.7. The monoisotopic (exact) mass is 757 g/mol. The number of unbranched alkanes of at least 4 members (excludes halogenated alkanes) is 1. The Bertz CT molecular complexity index is 2410. The third-order valence-electron chi connectivity index (χ3n) is 10.5. The Hall–Kier alpha value is -6.58. The number of amidine groups is 1. The SMILES string of the molecule is C=CCC/C=C/c1ccccc1/C=C/CCC(=C)C(=C)CCC(=C)C(N)=NC(/C=C/c1ccc(C2=CCCN=C2)cc1)c1ccc(-c2cccc3ccccc23)cc1. The highest BCUT2D eigenvalue weighted by Crippen LogP contribution is 2.31. The van der Waals surface area contributed by atoms with Crippen LogP contribution in [0.2, 0.25) is 0 Å². The standard InChI is InChI=1S/C55H55N3/c1-5-6-7-8-18-45-20-11-12-21-46(45)19-10-9-17-41(2)42(3)27-28-43(4)55(56)58-54(38-31-44-29-32-47(33-30-44)51-24-16-39-57-40-51)50-36-34-49(35-37-50)53-26-15-23-48-22-13-14-25-52(48)53/h5,8,10-15,18-26,29-38,40,54H,1-4,6-7,9,16-17,27-28,39H2,(H2,56,58)/b18-8+,19-10+,38-31+. The van der Waals surface area contributed by atoms with Crippen LogP contribution in [-0.4, -0.2) is 18.6 Å². The zero-order chi connectivity index (χ0) is 40.5. The Morgan fingerprint density at radius 2 is 1.33 bits per heavy atom. The molecule has 0 aliphatic carbocycles. The molecule has 0 bridgehead atoms. The Morgan fingerprint density at radius 3 is 2.05 bits per heavy atom. The molecule has 290 valence electrons. The molecule has 1 atom stereocenters. The molecule has 5 aromatic carbocycles. The molecule has 0 fully saturated rings. The van der Waals surface area contributed by atoms with Crippen molar-refractivity contribution in [1.29, 1.82) is 0 Å². The average Bonchev–Trinajstić information content (AvgIpc) is 3.27. The third kappa shape index (κ3) is 11.5. The van der Waals surface area contributed by atoms with Crippen molar-refractivity contribution in [1.82, 2.24) is 0 Å². The first kappa shape index (κ1) is 41.1. The number of nitrogens with zero attached hydrogens (tertiary/aromatic N) is 2. The lowest BCUT2D eigenvalue weighted by Crippen LogP contribution is -2.16. The molecule has 0 spiro atoms. The van der Waals surface area contributed by atoms with Gasteiger partial charge in [0.25, 0.3) is 0 Å². The van der Waals surface area contributed by atoms with Crippen LogP contribution in [0, 0.1) is 0 Å². The normalized spacial score (nSPS) is 13.7. The molecule has 5 aromatic rings. The summed E-state index contributed by atoms with van der Waals surface area (Å²) >= 11 is 0. The molecule has 3 heteroatoms. The molecule has 0 saturated heterocycles. The molecular formula is C55H55N3. The molecule has 0 saturated carbocycles. The van der Waals surface area contributed by atoms with E-state index in [4.69, 9.17) is 10.7 Å². The molecule has 0 radical (unpaired) electrons. The first-order valence-corrected chi connectivity index (χ1v) is 20.4. The number of benzene rings is 5. The number of hydrogen-bond acceptors (Lipinski definition) is 2. The highest BCUT2D eigenvalue weighted by atomic mass is 14.9. The minimum atomic E-state index is -0.302. The lowest BCUT2D eigenvalue weighted by Gasteiger charge is -2.14. The van der Waals surface area contributed by atoms with Gasteiger partial charge in [0.15, 0.2) is 0 Å². The number of allylic oxidation sites excluding steroid dienone is 6. The van der Waals surface area contributed by atoms with Crippen LogP contribution in [0.3, 0.4) is 0 Å². The van der Waals surface area contributed by atoms with Crippen molar-refractivity contribution in [2.75, 3.05) is 6.54 Å². The smallest absolute Gasteiger partial charge is 0.121 e. The van der Waals surface area contributed by atoms with E-state index in [-0.39, 0.29) is 6.04 Å². The fraction of sp³-hybridized carbons (Fsp3) is 0.164. The van der Waals surface area contributed by atoms with Crippen LogP contribution < -0.4 is 5.73 Å². The summed E-state index contributed by atoms with van der Waals surface area (Å²) < 4.78 is 0. The van der Waals surface area contributed by atoms with E-state index >= 15 is 0 Å². The first-order chi connectivity index (χ1) is 28.4. The Balaban J connectivity index is 1.11. The number of hydrogen-bond donors (Lipinski definition) is 1. The van der Waals surface area contributed by atoms with Crippen LogP contribution >= 0.6 is 0 Å². The zero-order valence-corrected chi connectivity index (χ0v) is 33.7. The van der Waals surface area contributed by atoms with Crippen molar-refractivity contribution in [3.63, 3.8) is 0 Å². The van der Waals surface area contributed by atoms with Crippen LogP contribution in [0.5, 0.6) is 0 Å². The molecule has 0 amide bonds. The van der Waals surface area contributed by atoms with Gasteiger partial charge in [-0.25, -0.2) is 0 Å². The zero-order valence-electron chi connectivity index (χ0n) is 33.7. The van der Waals surface area contributed by atoms with Crippen LogP contribution in [0.4, 0.5) is 0 Å². The van der Waals surface area contributed by atoms with E-state index in [0.29, 0.717) is 12.3 Å². The van der Waals surface area contributed by atoms with Gasteiger partial charge >= 0.3 is 0 Å². The second-order valence-electron chi connectivity index (χ2n) is 14.7. The fourth-order valence-corrected chi connectivity index (χ4v) is 6.99. The van der Waals surface area contributed by atoms with Crippen molar-refractivity contribution < 1.29 is 0 Å². The maximum Gasteiger partial charge on any atom is 0.121 e. The Kier molecular flexibility index (Phi) is 14.9. The van der Waals surface area contributed by atoms with Gasteiger partial charge in [0.1, 0.15) is 5.84 Å². The summed E-state index contributed by atoms with van der Waals surface area (Å²) in [6, 6.07) is 40.4. The van der Waals surface area contributed by atoms with Crippen molar-refractivity contribution >= 4 is 46.6 Å². The third-order valence-corrected chi connectivity index (χ3v) is 10.5. The predicted octanol–water partition coefficient (Wildman–Crippen LogP) is 14.4. The number of fused-ring (bicyclic) bond motifs is 1. The van der Waals surface area contributed by atoms with Gasteiger partial charge in [-0.15, -0.1) is 6.58 Å². The van der Waals surface area contributed by atoms with Crippen LogP contribution in [0.25, 0.3) is 45.7 Å². The van der Waals surface area contributed by atoms with Gasteiger partial charge in [-0.05, 0) is 106 Å². The van der Waals surface area contributed by atoms with E-state index in [1.54, 1.807) is 0 Å². The fourth-order valence-electron chi connectivity index (χ4n) is 6.99. The molecular weight excluding hydrogens is 703 g/mol. The summed E-state index contributed by atoms with van der Waals surface area (Å²) in [5, 5.41) is 2.46. The number of dihydropyridines is 1. The van der Waals surface area contributed by atoms with Gasteiger partial charge in [-0.1, -0.05) is 195 Å². The molecule has 58 heavy (non-hydrogen) atoms. The number of nitrogens with two attached hydrogens (primary N) is 1. The van der Waals surface area contributed by atoms with Crippen LogP contribution in [0.1, 0.15) is 78.8 Å². The maximum atomic E-state index is 6.71. The van der Waals surface area contributed by atoms with Gasteiger partial charge in [0, 0.05) is 12.8 Å². The van der Waals surface area contributed by atoms with Crippen molar-refractivity contribution in [3.05, 3.63) is 216 Å². The molecule has 1 aliphatic rings. The minimum absolute atomic E-state index is 0.302. The molecule has 0 aromatic heterocycles. The van der Waals surface area contributed by atoms with Crippen molar-refractivity contribution in [2.45, 2.75) is 51.0 Å². The second-order valence-corrected chi connectivity index (χ2v) is 14.7. The van der Waals surface area contributed by atoms with E-state index in [2.05, 4.69) is 189 Å². The van der Waals surface area contributed by atoms with Crippen LogP contribution in [-0.2, 0) is 0 Å². The summed E-state index contributed by atoms with van der Waals surface area (Å²) in [4.78, 5) is 9.51. The van der Waals surface area contributed by atoms with Crippen molar-refractivity contribution in [3.8, 4) is 11.1 Å². The molecule has 2 N–H and O–H groups in total. The van der Waals surface area contributed by atoms with E-state index in [9.17, 15) is 0 Å². The summed E-state index contributed by atoms with van der Waals surface area (Å²) in [5.41, 5.74) is 18.9. The molecule has 1 aliphatic heterocycles. The summed E-state index contributed by atoms with van der Waals surface area (Å²) in [7, 11) is 0. The summed E-state index contributed by atoms with van der Waals surface area (Å²) in [6.07, 6.45) is 25.3. The predicted molar refractivity (Wildman–Crippen MR) is 255 cm³/mol. The molecule has 1 heterocycles. The van der Waals surface area contributed by atoms with Gasteiger partial charge in [-0.3, -0.25) is 9.98 Å². The summed E-state index contributed by atoms with van der Waals surface area (Å²) in [5.74, 6) is 0.449. The van der Waals surface area contributed by atoms with Gasteiger partial charge in [0.2, 0.25) is 0 Å². The molecule has 6 rings (SSSR count). The Labute approximate surface area is 346 Å². The van der Waals surface area contributed by atoms with Gasteiger partial charge in [0.05, 0.1) is 6.04 Å². The number of aliphatic imine (C=N–C) groups is 2. The topological polar surface area (TPSA) is 50.7 Å². The largest absolute Gasteiger partial charge is 0.384 e. The lowest BCUT2D eigenvalue weighted by atomic mass is 9.96. The molecule has 3 nitrogen and oxygen atoms in total. The highest BCUT2D eigenvalue weighted by Gasteiger charge is 2.12. The first-order valence-electron chi connectivity index (χ1n) is 20.4. The maximum absolute atomic E-state index is 6.71. The van der Waals surface area contributed by atoms with Crippen molar-refractivity contribution in [2.24, 2.45) is 15.7 Å². The van der Waals surface area contributed by atoms with Gasteiger partial charge in [-0.2, -0.15) is 0 Å². The highest BCUT2D eigenvalue weighted by molar-refractivity contribution is 6.10. The molecule has 1 unspecified atom stereocenters. The van der Waals surface area contributed by atoms with E-state index in [0.717, 1.165) is 78.5 Å². The van der Waals surface area contributed by atoms with Gasteiger partial charge < -0.3 is 5.73 Å². The van der Waals surface area contributed by atoms with E-state index < -0.39 is 0 Å². The lowest BCUT2D eigenvalue weighted by molar-refractivity contribution is 0.893. The quantitative estimate of drug-likeness (QED) is 0.0295. The Morgan fingerprint density at radius 1 is 0.672 bits per heavy atom.